The Balaban J connectivity index is 1.63. The minimum absolute atomic E-state index is 0.00157. The Labute approximate surface area is 229 Å². The van der Waals surface area contributed by atoms with E-state index in [1.165, 1.54) is 11.0 Å². The van der Waals surface area contributed by atoms with Gasteiger partial charge in [-0.25, -0.2) is 13.4 Å². The summed E-state index contributed by atoms with van der Waals surface area (Å²) in [6.45, 7) is 3.78. The van der Waals surface area contributed by atoms with Crippen molar-refractivity contribution in [2.75, 3.05) is 11.9 Å². The number of anilines is 1. The van der Waals surface area contributed by atoms with Gasteiger partial charge in [-0.2, -0.15) is 4.72 Å². The van der Waals surface area contributed by atoms with Crippen LogP contribution in [0.3, 0.4) is 0 Å². The van der Waals surface area contributed by atoms with Crippen molar-refractivity contribution in [3.05, 3.63) is 107 Å². The first kappa shape index (κ1) is 27.9. The molecule has 1 heterocycles. The molecule has 3 aromatic rings. The molecule has 39 heavy (non-hydrogen) atoms. The zero-order valence-electron chi connectivity index (χ0n) is 22.1. The van der Waals surface area contributed by atoms with Gasteiger partial charge in [-0.15, -0.1) is 0 Å². The van der Waals surface area contributed by atoms with Crippen LogP contribution in [0.25, 0.3) is 6.08 Å². The van der Waals surface area contributed by atoms with Gasteiger partial charge in [0.05, 0.1) is 11.4 Å². The van der Waals surface area contributed by atoms with E-state index in [4.69, 9.17) is 4.99 Å². The fourth-order valence-electron chi connectivity index (χ4n) is 4.33. The van der Waals surface area contributed by atoms with Crippen molar-refractivity contribution in [2.45, 2.75) is 32.5 Å². The van der Waals surface area contributed by atoms with E-state index in [2.05, 4.69) is 10.0 Å². The van der Waals surface area contributed by atoms with Crippen LogP contribution in [0.5, 0.6) is 0 Å². The number of rotatable bonds is 9. The highest BCUT2D eigenvalue weighted by Crippen LogP contribution is 2.27. The van der Waals surface area contributed by atoms with Crippen molar-refractivity contribution in [1.82, 2.24) is 10.0 Å². The standard InChI is InChI=1S/C30H32N4O4S/c1-21(2)20-25(33-39(37,38)19-18-22-12-6-4-7-13-22)29(35)32-28-30(36)34(3)26-17-11-10-16-24(26)27(31-28)23-14-8-5-9-15-23/h4-19,21,25,28,33H,20H2,1-3H3,(H,32,35)/b19-18+. The van der Waals surface area contributed by atoms with Crippen molar-refractivity contribution >= 4 is 39.3 Å². The van der Waals surface area contributed by atoms with Crippen LogP contribution >= 0.6 is 0 Å². The third kappa shape index (κ3) is 7.07. The summed E-state index contributed by atoms with van der Waals surface area (Å²) < 4.78 is 28.2. The van der Waals surface area contributed by atoms with Gasteiger partial charge in [0, 0.05) is 23.6 Å². The number of benzene rings is 3. The van der Waals surface area contributed by atoms with Crippen molar-refractivity contribution in [3.63, 3.8) is 0 Å². The Morgan fingerprint density at radius 2 is 1.59 bits per heavy atom. The lowest BCUT2D eigenvalue weighted by atomic mass is 10.0. The number of carbonyl (C=O) groups excluding carboxylic acids is 2. The van der Waals surface area contributed by atoms with Crippen molar-refractivity contribution < 1.29 is 18.0 Å². The van der Waals surface area contributed by atoms with Gasteiger partial charge in [-0.3, -0.25) is 9.59 Å². The molecule has 0 saturated carbocycles. The molecule has 2 amide bonds. The van der Waals surface area contributed by atoms with Gasteiger partial charge in [-0.1, -0.05) is 92.7 Å². The lowest BCUT2D eigenvalue weighted by Gasteiger charge is -2.24. The number of hydrogen-bond acceptors (Lipinski definition) is 5. The van der Waals surface area contributed by atoms with Crippen molar-refractivity contribution in [3.8, 4) is 0 Å². The first-order chi connectivity index (χ1) is 18.6. The van der Waals surface area contributed by atoms with Crippen LogP contribution in [0, 0.1) is 5.92 Å². The predicted octanol–water partition coefficient (Wildman–Crippen LogP) is 3.95. The van der Waals surface area contributed by atoms with E-state index in [-0.39, 0.29) is 12.3 Å². The van der Waals surface area contributed by atoms with Crippen LogP contribution in [0.15, 0.2) is 95.3 Å². The number of hydrogen-bond donors (Lipinski definition) is 2. The second-order valence-electron chi connectivity index (χ2n) is 9.73. The molecule has 8 nitrogen and oxygen atoms in total. The molecule has 3 aromatic carbocycles. The molecule has 0 radical (unpaired) electrons. The van der Waals surface area contributed by atoms with E-state index in [0.717, 1.165) is 16.5 Å². The zero-order valence-corrected chi connectivity index (χ0v) is 22.9. The molecule has 9 heteroatoms. The first-order valence-corrected chi connectivity index (χ1v) is 14.3. The van der Waals surface area contributed by atoms with Gasteiger partial charge >= 0.3 is 0 Å². The fourth-order valence-corrected chi connectivity index (χ4v) is 5.34. The molecule has 0 saturated heterocycles. The second kappa shape index (κ2) is 12.2. The lowest BCUT2D eigenvalue weighted by molar-refractivity contribution is -0.128. The predicted molar refractivity (Wildman–Crippen MR) is 155 cm³/mol. The molecule has 1 aliphatic heterocycles. The van der Waals surface area contributed by atoms with Gasteiger partial charge in [0.15, 0.2) is 0 Å². The maximum Gasteiger partial charge on any atom is 0.272 e. The number of carbonyl (C=O) groups is 2. The summed E-state index contributed by atoms with van der Waals surface area (Å²) in [7, 11) is -2.33. The van der Waals surface area contributed by atoms with Crippen LogP contribution in [0.2, 0.25) is 0 Å². The number of nitrogens with one attached hydrogen (secondary N) is 2. The minimum Gasteiger partial charge on any atom is -0.325 e. The summed E-state index contributed by atoms with van der Waals surface area (Å²) in [5, 5.41) is 3.74. The molecular weight excluding hydrogens is 512 g/mol. The summed E-state index contributed by atoms with van der Waals surface area (Å²) in [4.78, 5) is 33.1. The number of benzodiazepines with no additional fused rings is 1. The van der Waals surface area contributed by atoms with Crippen LogP contribution in [-0.4, -0.2) is 45.2 Å². The van der Waals surface area contributed by atoms with Crippen molar-refractivity contribution in [2.24, 2.45) is 10.9 Å². The summed E-state index contributed by atoms with van der Waals surface area (Å²) in [6.07, 6.45) is 0.449. The maximum absolute atomic E-state index is 13.5. The Hall–Kier alpha value is -4.08. The average molecular weight is 545 g/mol. The van der Waals surface area contributed by atoms with Crippen LogP contribution in [0.4, 0.5) is 5.69 Å². The molecule has 0 aliphatic carbocycles. The Kier molecular flexibility index (Phi) is 8.73. The van der Waals surface area contributed by atoms with E-state index in [1.807, 2.05) is 74.5 Å². The molecule has 0 bridgehead atoms. The Morgan fingerprint density at radius 1 is 0.974 bits per heavy atom. The number of fused-ring (bicyclic) bond motifs is 1. The van der Waals surface area contributed by atoms with Gasteiger partial charge in [0.1, 0.15) is 6.04 Å². The normalized spacial score (nSPS) is 16.5. The van der Waals surface area contributed by atoms with Gasteiger partial charge < -0.3 is 10.2 Å². The fraction of sp³-hybridized carbons (Fsp3) is 0.233. The number of amides is 2. The van der Waals surface area contributed by atoms with E-state index >= 15 is 0 Å². The second-order valence-corrected chi connectivity index (χ2v) is 11.3. The molecule has 202 valence electrons. The quantitative estimate of drug-likeness (QED) is 0.425. The van der Waals surface area contributed by atoms with E-state index in [0.29, 0.717) is 17.0 Å². The van der Waals surface area contributed by atoms with Gasteiger partial charge in [-0.05, 0) is 30.0 Å². The Morgan fingerprint density at radius 3 is 2.26 bits per heavy atom. The van der Waals surface area contributed by atoms with Crippen molar-refractivity contribution in [1.29, 1.82) is 0 Å². The molecule has 0 fully saturated rings. The summed E-state index contributed by atoms with van der Waals surface area (Å²) in [6, 6.07) is 24.7. The highest BCUT2D eigenvalue weighted by molar-refractivity contribution is 7.92. The molecule has 2 atom stereocenters. The number of para-hydroxylation sites is 1. The summed E-state index contributed by atoms with van der Waals surface area (Å²) in [5.74, 6) is -1.06. The van der Waals surface area contributed by atoms with E-state index in [9.17, 15) is 18.0 Å². The van der Waals surface area contributed by atoms with Crippen LogP contribution < -0.4 is 14.9 Å². The molecule has 2 unspecified atom stereocenters. The third-order valence-electron chi connectivity index (χ3n) is 6.24. The number of nitrogens with zero attached hydrogens (tertiary/aromatic N) is 2. The number of sulfonamides is 1. The maximum atomic E-state index is 13.5. The average Bonchev–Trinajstić information content (AvgIpc) is 3.03. The third-order valence-corrected chi connectivity index (χ3v) is 7.35. The molecular formula is C30H32N4O4S. The monoisotopic (exact) mass is 544 g/mol. The highest BCUT2D eigenvalue weighted by atomic mass is 32.2. The minimum atomic E-state index is -3.96. The Bertz CT molecular complexity index is 1490. The summed E-state index contributed by atoms with van der Waals surface area (Å²) >= 11 is 0. The zero-order chi connectivity index (χ0) is 28.0. The van der Waals surface area contributed by atoms with Gasteiger partial charge in [0.25, 0.3) is 5.91 Å². The summed E-state index contributed by atoms with van der Waals surface area (Å²) in [5.41, 5.74) is 3.47. The topological polar surface area (TPSA) is 108 Å². The van der Waals surface area contributed by atoms with Crippen LogP contribution in [0.1, 0.15) is 37.0 Å². The first-order valence-electron chi connectivity index (χ1n) is 12.7. The molecule has 1 aliphatic rings. The molecule has 4 rings (SSSR count). The number of likely N-dealkylation sites (N-methyl/N-ethyl adjacent to an activating group) is 1. The lowest BCUT2D eigenvalue weighted by Crippen LogP contribution is -2.53. The smallest absolute Gasteiger partial charge is 0.272 e. The largest absolute Gasteiger partial charge is 0.325 e. The number of aliphatic imine (C=N–C) groups is 1. The van der Waals surface area contributed by atoms with E-state index < -0.39 is 34.0 Å². The molecule has 2 N–H and O–H groups in total. The SMILES string of the molecule is CC(C)CC(NS(=O)(=O)/C=C/c1ccccc1)C(=O)NC1N=C(c2ccccc2)c2ccccc2N(C)C1=O. The van der Waals surface area contributed by atoms with Crippen LogP contribution in [-0.2, 0) is 19.6 Å². The molecule has 0 aromatic heterocycles. The van der Waals surface area contributed by atoms with Gasteiger partial charge in [0.2, 0.25) is 22.1 Å². The highest BCUT2D eigenvalue weighted by Gasteiger charge is 2.33. The molecule has 0 spiro atoms. The van der Waals surface area contributed by atoms with E-state index in [1.54, 1.807) is 31.3 Å².